The van der Waals surface area contributed by atoms with Crippen LogP contribution in [0.2, 0.25) is 23.7 Å². The first-order chi connectivity index (χ1) is 19.9. The van der Waals surface area contributed by atoms with Crippen LogP contribution in [0.3, 0.4) is 0 Å². The first-order valence-corrected chi connectivity index (χ1v) is 13.1. The molecule has 2 nitrogen and oxygen atoms in total. The standard InChI is InChI=1S/C12H10B.C6H5BCl2O2.C2H6B.B10.BF4.2BrH.Hf/c1-3-7-11(8-4-1)13-12-9-5-2-6-10-12;8-4-1-2-5(7(10)11)6(9)3-4;1-3-2;1-3-5-7-9-10-8-6-4-2;2-1(3,4)5;;;/h1-10H;1-3,10-11H;1-2H3;;;2*1H;/q;;;;-1;;;. The minimum absolute atomic E-state index is 0. The van der Waals surface area contributed by atoms with Gasteiger partial charge in [-0.15, -0.1) is 34.0 Å². The molecule has 3 aromatic rings. The van der Waals surface area contributed by atoms with Crippen LogP contribution in [0, 0.1) is 0 Å². The summed E-state index contributed by atoms with van der Waals surface area (Å²) in [4.78, 5) is 0. The van der Waals surface area contributed by atoms with E-state index in [1.54, 1.807) is 20.2 Å². The van der Waals surface area contributed by atoms with Crippen LogP contribution in [0.25, 0.3) is 0 Å². The Morgan fingerprint density at radius 2 is 1.00 bits per heavy atom. The second kappa shape index (κ2) is 37.4. The fourth-order valence-electron chi connectivity index (χ4n) is 2.39. The number of rotatable bonds is 10. The normalized spacial score (nSPS) is 8.31. The summed E-state index contributed by atoms with van der Waals surface area (Å²) >= 11 is 11.2. The summed E-state index contributed by atoms with van der Waals surface area (Å²) in [5.41, 5.74) is 2.75. The third-order valence-corrected chi connectivity index (χ3v) is 4.51. The molecule has 25 heteroatoms. The minimum atomic E-state index is -6.00. The van der Waals surface area contributed by atoms with Crippen molar-refractivity contribution in [1.29, 1.82) is 0 Å². The van der Waals surface area contributed by atoms with E-state index < -0.39 is 14.4 Å². The first-order valence-electron chi connectivity index (χ1n) is 12.3. The van der Waals surface area contributed by atoms with Gasteiger partial charge in [0.1, 0.15) is 7.28 Å². The Kier molecular flexibility index (Phi) is 45.8. The second-order valence-electron chi connectivity index (χ2n) is 7.62. The molecule has 0 fully saturated rings. The average molecular weight is 932 g/mol. The molecule has 45 heavy (non-hydrogen) atoms. The van der Waals surface area contributed by atoms with Crippen molar-refractivity contribution in [2.24, 2.45) is 0 Å². The maximum Gasteiger partial charge on any atom is 0.673 e. The molecule has 0 atom stereocenters. The van der Waals surface area contributed by atoms with Crippen LogP contribution in [0.1, 0.15) is 0 Å². The van der Waals surface area contributed by atoms with Gasteiger partial charge in [0.15, 0.2) is 7.28 Å². The first kappa shape index (κ1) is 55.0. The molecule has 218 valence electrons. The smallest absolute Gasteiger partial charge is 0.423 e. The summed E-state index contributed by atoms with van der Waals surface area (Å²) in [5, 5.41) is 18.2. The molecular formula is C20H23B14Br2Cl2F4HfO2-. The Bertz CT molecular complexity index is 986. The molecule has 0 bridgehead atoms. The van der Waals surface area contributed by atoms with Crippen molar-refractivity contribution >= 4 is 174 Å². The zero-order chi connectivity index (χ0) is 32.2. The van der Waals surface area contributed by atoms with Crippen molar-refractivity contribution in [3.05, 3.63) is 88.9 Å². The fourth-order valence-corrected chi connectivity index (χ4v) is 2.89. The molecule has 0 spiro atoms. The van der Waals surface area contributed by atoms with E-state index in [1.165, 1.54) is 37.2 Å². The van der Waals surface area contributed by atoms with Gasteiger partial charge in [-0.1, -0.05) is 115 Å². The van der Waals surface area contributed by atoms with E-state index in [4.69, 9.17) is 48.7 Å². The van der Waals surface area contributed by atoms with Crippen LogP contribution >= 0.6 is 57.2 Å². The van der Waals surface area contributed by atoms with E-state index in [2.05, 4.69) is 55.8 Å². The summed E-state index contributed by atoms with van der Waals surface area (Å²) in [6.45, 7) is 4.00. The van der Waals surface area contributed by atoms with Crippen LogP contribution in [-0.2, 0) is 25.8 Å². The predicted octanol–water partition coefficient (Wildman–Crippen LogP) is 1.45. The van der Waals surface area contributed by atoms with Crippen molar-refractivity contribution in [2.45, 2.75) is 13.6 Å². The maximum atomic E-state index is 9.75. The van der Waals surface area contributed by atoms with Gasteiger partial charge >= 0.3 is 14.4 Å². The predicted molar refractivity (Wildman–Crippen MR) is 210 cm³/mol. The van der Waals surface area contributed by atoms with Crippen molar-refractivity contribution in [3.8, 4) is 0 Å². The van der Waals surface area contributed by atoms with Gasteiger partial charge in [-0.2, -0.15) is 0 Å². The monoisotopic (exact) mass is 933 g/mol. The zero-order valence-electron chi connectivity index (χ0n) is 24.6. The fraction of sp³-hybridized carbons (Fsp3) is 0.100. The molecule has 0 heterocycles. The molecule has 0 aromatic heterocycles. The molecule has 0 aliphatic carbocycles. The molecule has 0 amide bonds. The summed E-state index contributed by atoms with van der Waals surface area (Å²) in [6.07, 6.45) is 0. The van der Waals surface area contributed by atoms with Crippen molar-refractivity contribution in [3.63, 3.8) is 0 Å². The van der Waals surface area contributed by atoms with E-state index in [-0.39, 0.29) is 70.3 Å². The Balaban J connectivity index is -0.000000155. The van der Waals surface area contributed by atoms with Crippen LogP contribution < -0.4 is 16.4 Å². The Labute approximate surface area is 327 Å². The summed E-state index contributed by atoms with van der Waals surface area (Å²) in [5.74, 6) is 0. The Morgan fingerprint density at radius 1 is 0.667 bits per heavy atom. The average Bonchev–Trinajstić information content (AvgIpc) is 2.92. The number of hydrogen-bond donors (Lipinski definition) is 2. The van der Waals surface area contributed by atoms with E-state index in [9.17, 15) is 17.3 Å². The summed E-state index contributed by atoms with van der Waals surface area (Å²) in [6, 6.07) is 25.1. The maximum absolute atomic E-state index is 9.75. The third kappa shape index (κ3) is 40.7. The van der Waals surface area contributed by atoms with E-state index in [0.29, 0.717) is 5.02 Å². The van der Waals surface area contributed by atoms with Crippen molar-refractivity contribution < 1.29 is 53.2 Å². The molecule has 3 aromatic carbocycles. The van der Waals surface area contributed by atoms with E-state index in [0.717, 1.165) is 0 Å². The number of halogens is 8. The van der Waals surface area contributed by atoms with Gasteiger partial charge in [-0.3, -0.25) is 0 Å². The minimum Gasteiger partial charge on any atom is -0.423 e. The number of hydrogen-bond acceptors (Lipinski definition) is 2. The molecule has 0 aliphatic heterocycles. The topological polar surface area (TPSA) is 40.5 Å². The van der Waals surface area contributed by atoms with Gasteiger partial charge in [0.05, 0.1) is 0 Å². The quantitative estimate of drug-likeness (QED) is 0.184. The van der Waals surface area contributed by atoms with E-state index >= 15 is 0 Å². The SMILES string of the molecule is Br.Br.C[B]C.F[B-](F)(F)F.OB(O)c1ccc(Cl)cc1Cl.[B](c1ccccc1)c1ccccc1.[B][B][B][B][B][B][B][B][B][B].[Hf]. The molecule has 3 rings (SSSR count). The van der Waals surface area contributed by atoms with Crippen LogP contribution in [0.4, 0.5) is 17.3 Å². The van der Waals surface area contributed by atoms with Gasteiger partial charge in [-0.25, -0.2) is 0 Å². The van der Waals surface area contributed by atoms with Gasteiger partial charge in [0.25, 0.3) is 0 Å². The van der Waals surface area contributed by atoms with Crippen LogP contribution in [-0.4, -0.2) is 111 Å². The van der Waals surface area contributed by atoms with Gasteiger partial charge < -0.3 is 27.3 Å². The van der Waals surface area contributed by atoms with Gasteiger partial charge in [0, 0.05) is 113 Å². The molecule has 2 N–H and O–H groups in total. The Hall–Kier alpha value is 0.619. The van der Waals surface area contributed by atoms with Crippen molar-refractivity contribution in [2.75, 3.05) is 0 Å². The largest absolute Gasteiger partial charge is 0.673 e. The molecular weight excluding hydrogens is 909 g/mol. The zero-order valence-corrected chi connectivity index (χ0v) is 33.1. The molecule has 0 aliphatic rings. The van der Waals surface area contributed by atoms with Gasteiger partial charge in [0.2, 0.25) is 0 Å². The molecule has 0 saturated carbocycles. The molecule has 14 radical (unpaired) electrons. The summed E-state index contributed by atoms with van der Waals surface area (Å²) < 4.78 is 39.0. The summed E-state index contributed by atoms with van der Waals surface area (Å²) in [7, 11) is 20.6. The van der Waals surface area contributed by atoms with Gasteiger partial charge in [-0.05, 0) is 12.1 Å². The van der Waals surface area contributed by atoms with E-state index in [1.807, 2.05) is 61.3 Å². The second-order valence-corrected chi connectivity index (χ2v) is 8.46. The molecule has 0 unspecified atom stereocenters. The molecule has 0 saturated heterocycles. The van der Waals surface area contributed by atoms with Crippen LogP contribution in [0.5, 0.6) is 0 Å². The third-order valence-electron chi connectivity index (χ3n) is 3.95. The van der Waals surface area contributed by atoms with Crippen LogP contribution in [0.15, 0.2) is 78.9 Å². The Morgan fingerprint density at radius 3 is 1.29 bits per heavy atom. The van der Waals surface area contributed by atoms with Crippen molar-refractivity contribution in [1.82, 2.24) is 0 Å². The number of benzene rings is 3.